The molecule has 2 nitrogen and oxygen atoms in total. The molecule has 1 aliphatic heterocycles. The fourth-order valence-corrected chi connectivity index (χ4v) is 5.09. The molecule has 0 aliphatic carbocycles. The molecular formula is C15H15FO2S2. The summed E-state index contributed by atoms with van der Waals surface area (Å²) in [5.74, 6) is 0.602. The molecule has 0 radical (unpaired) electrons. The van der Waals surface area contributed by atoms with Crippen molar-refractivity contribution in [2.45, 2.75) is 29.6 Å². The van der Waals surface area contributed by atoms with Crippen LogP contribution in [0.4, 0.5) is 4.39 Å². The van der Waals surface area contributed by atoms with Gasteiger partial charge in [0.1, 0.15) is 0 Å². The number of benzene rings is 1. The Hall–Kier alpha value is -0.940. The second kappa shape index (κ2) is 5.45. The van der Waals surface area contributed by atoms with E-state index < -0.39 is 5.82 Å². The number of fused-ring (bicyclic) bond motifs is 1. The molecule has 0 amide bonds. The van der Waals surface area contributed by atoms with E-state index in [9.17, 15) is 9.18 Å². The molecule has 106 valence electrons. The van der Waals surface area contributed by atoms with E-state index in [0.717, 1.165) is 5.75 Å². The standard InChI is InChI=1S/C15H15FO2S2/c1-8-9(2)20-13(7-19-8)14(17)12-6-10-4-3-5-11(16)15(10)18-12/h3-6,8-9,13H,7H2,1-2H3. The third-order valence-corrected chi connectivity index (χ3v) is 6.97. The lowest BCUT2D eigenvalue weighted by atomic mass is 10.2. The van der Waals surface area contributed by atoms with Gasteiger partial charge in [-0.2, -0.15) is 11.8 Å². The van der Waals surface area contributed by atoms with E-state index in [4.69, 9.17) is 4.42 Å². The third kappa shape index (κ3) is 2.49. The van der Waals surface area contributed by atoms with Gasteiger partial charge in [-0.05, 0) is 12.1 Å². The Morgan fingerprint density at radius 2 is 2.15 bits per heavy atom. The molecule has 3 unspecified atom stereocenters. The van der Waals surface area contributed by atoms with Gasteiger partial charge in [0.25, 0.3) is 0 Å². The molecule has 1 aromatic carbocycles. The van der Waals surface area contributed by atoms with Crippen molar-refractivity contribution >= 4 is 40.3 Å². The van der Waals surface area contributed by atoms with Gasteiger partial charge in [0, 0.05) is 21.6 Å². The van der Waals surface area contributed by atoms with Crippen molar-refractivity contribution in [2.75, 3.05) is 5.75 Å². The van der Waals surface area contributed by atoms with E-state index in [1.54, 1.807) is 30.0 Å². The predicted octanol–water partition coefficient (Wildman–Crippen LogP) is 4.38. The van der Waals surface area contributed by atoms with Crippen LogP contribution in [0.25, 0.3) is 11.0 Å². The lowest BCUT2D eigenvalue weighted by Crippen LogP contribution is -2.31. The molecule has 3 rings (SSSR count). The second-order valence-electron chi connectivity index (χ2n) is 5.00. The highest BCUT2D eigenvalue weighted by atomic mass is 32.2. The van der Waals surface area contributed by atoms with Crippen LogP contribution in [0.5, 0.6) is 0 Å². The van der Waals surface area contributed by atoms with Crippen LogP contribution in [0.2, 0.25) is 0 Å². The first-order valence-electron chi connectivity index (χ1n) is 6.55. The van der Waals surface area contributed by atoms with Gasteiger partial charge in [0.15, 0.2) is 17.2 Å². The number of halogens is 1. The van der Waals surface area contributed by atoms with Crippen LogP contribution >= 0.6 is 23.5 Å². The maximum atomic E-state index is 13.6. The van der Waals surface area contributed by atoms with Gasteiger partial charge in [-0.25, -0.2) is 4.39 Å². The maximum Gasteiger partial charge on any atom is 0.211 e. The van der Waals surface area contributed by atoms with Crippen LogP contribution in [0.15, 0.2) is 28.7 Å². The summed E-state index contributed by atoms with van der Waals surface area (Å²) in [5.41, 5.74) is 0.172. The molecular weight excluding hydrogens is 295 g/mol. The second-order valence-corrected chi connectivity index (χ2v) is 8.00. The number of thioether (sulfide) groups is 2. The largest absolute Gasteiger partial charge is 0.450 e. The number of hydrogen-bond donors (Lipinski definition) is 0. The van der Waals surface area contributed by atoms with Crippen molar-refractivity contribution in [1.29, 1.82) is 0 Å². The van der Waals surface area contributed by atoms with Crippen LogP contribution in [-0.2, 0) is 0 Å². The SMILES string of the molecule is CC1SCC(C(=O)c2cc3cccc(F)c3o2)SC1C. The fourth-order valence-electron chi connectivity index (χ4n) is 2.23. The molecule has 0 saturated carbocycles. The van der Waals surface area contributed by atoms with Gasteiger partial charge >= 0.3 is 0 Å². The van der Waals surface area contributed by atoms with Gasteiger partial charge in [0.05, 0.1) is 5.25 Å². The van der Waals surface area contributed by atoms with Crippen LogP contribution in [0.1, 0.15) is 24.4 Å². The first-order valence-corrected chi connectivity index (χ1v) is 8.55. The Labute approximate surface area is 125 Å². The molecule has 1 aromatic heterocycles. The van der Waals surface area contributed by atoms with Gasteiger partial charge < -0.3 is 4.42 Å². The van der Waals surface area contributed by atoms with Crippen molar-refractivity contribution < 1.29 is 13.6 Å². The van der Waals surface area contributed by atoms with Crippen molar-refractivity contribution in [3.05, 3.63) is 35.8 Å². The molecule has 3 atom stereocenters. The summed E-state index contributed by atoms with van der Waals surface area (Å²) in [4.78, 5) is 12.5. The van der Waals surface area contributed by atoms with E-state index in [0.29, 0.717) is 15.9 Å². The first kappa shape index (κ1) is 14.0. The Morgan fingerprint density at radius 3 is 2.85 bits per heavy atom. The summed E-state index contributed by atoms with van der Waals surface area (Å²) >= 11 is 3.50. The Morgan fingerprint density at radius 1 is 1.35 bits per heavy atom. The number of Topliss-reactive ketones (excluding diaryl/α,β-unsaturated/α-hetero) is 1. The Bertz CT molecular complexity index is 652. The molecule has 0 N–H and O–H groups in total. The van der Waals surface area contributed by atoms with Gasteiger partial charge in [-0.15, -0.1) is 11.8 Å². The van der Waals surface area contributed by atoms with Gasteiger partial charge in [0.2, 0.25) is 5.78 Å². The van der Waals surface area contributed by atoms with E-state index >= 15 is 0 Å². The molecule has 2 aromatic rings. The maximum absolute atomic E-state index is 13.6. The quantitative estimate of drug-likeness (QED) is 0.770. The molecule has 2 heterocycles. The zero-order chi connectivity index (χ0) is 14.3. The van der Waals surface area contributed by atoms with Crippen LogP contribution < -0.4 is 0 Å². The first-order chi connectivity index (χ1) is 9.56. The smallest absolute Gasteiger partial charge is 0.211 e. The zero-order valence-corrected chi connectivity index (χ0v) is 12.9. The molecule has 1 aliphatic rings. The number of para-hydroxylation sites is 1. The normalized spacial score (nSPS) is 26.9. The van der Waals surface area contributed by atoms with E-state index in [1.165, 1.54) is 6.07 Å². The predicted molar refractivity (Wildman–Crippen MR) is 83.3 cm³/mol. The van der Waals surface area contributed by atoms with Crippen molar-refractivity contribution in [3.63, 3.8) is 0 Å². The van der Waals surface area contributed by atoms with Gasteiger partial charge in [-0.1, -0.05) is 26.0 Å². The highest BCUT2D eigenvalue weighted by molar-refractivity contribution is 8.08. The molecule has 5 heteroatoms. The Balaban J connectivity index is 1.87. The van der Waals surface area contributed by atoms with Gasteiger partial charge in [-0.3, -0.25) is 4.79 Å². The van der Waals surface area contributed by atoms with Crippen molar-refractivity contribution in [3.8, 4) is 0 Å². The minimum atomic E-state index is -0.422. The summed E-state index contributed by atoms with van der Waals surface area (Å²) in [6.45, 7) is 4.32. The average molecular weight is 310 g/mol. The van der Waals surface area contributed by atoms with Crippen LogP contribution in [0, 0.1) is 5.82 Å². The van der Waals surface area contributed by atoms with Crippen LogP contribution in [-0.4, -0.2) is 27.3 Å². The van der Waals surface area contributed by atoms with Crippen molar-refractivity contribution in [2.24, 2.45) is 0 Å². The lowest BCUT2D eigenvalue weighted by Gasteiger charge is -2.29. The molecule has 0 spiro atoms. The summed E-state index contributed by atoms with van der Waals surface area (Å²) in [6, 6.07) is 6.37. The van der Waals surface area contributed by atoms with E-state index in [-0.39, 0.29) is 22.4 Å². The minimum absolute atomic E-state index is 0.0307. The summed E-state index contributed by atoms with van der Waals surface area (Å²) < 4.78 is 19.0. The molecule has 0 bridgehead atoms. The van der Waals surface area contributed by atoms with Crippen LogP contribution in [0.3, 0.4) is 0 Å². The molecule has 20 heavy (non-hydrogen) atoms. The number of rotatable bonds is 2. The summed E-state index contributed by atoms with van der Waals surface area (Å²) in [7, 11) is 0. The fraction of sp³-hybridized carbons (Fsp3) is 0.400. The molecule has 1 fully saturated rings. The number of hydrogen-bond acceptors (Lipinski definition) is 4. The van der Waals surface area contributed by atoms with E-state index in [1.807, 2.05) is 11.8 Å². The van der Waals surface area contributed by atoms with E-state index in [2.05, 4.69) is 13.8 Å². The highest BCUT2D eigenvalue weighted by Crippen LogP contribution is 2.37. The number of ketones is 1. The minimum Gasteiger partial charge on any atom is -0.450 e. The zero-order valence-electron chi connectivity index (χ0n) is 11.3. The summed E-state index contributed by atoms with van der Waals surface area (Å²) in [6.07, 6.45) is 0. The number of furan rings is 1. The summed E-state index contributed by atoms with van der Waals surface area (Å²) in [5, 5.41) is 1.53. The van der Waals surface area contributed by atoms with Crippen molar-refractivity contribution in [1.82, 2.24) is 0 Å². The monoisotopic (exact) mass is 310 g/mol. The third-order valence-electron chi connectivity index (χ3n) is 3.58. The average Bonchev–Trinajstić information content (AvgIpc) is 2.86. The molecule has 1 saturated heterocycles. The topological polar surface area (TPSA) is 30.2 Å². The Kier molecular flexibility index (Phi) is 3.82. The number of carbonyl (C=O) groups is 1. The highest BCUT2D eigenvalue weighted by Gasteiger charge is 2.32. The number of carbonyl (C=O) groups excluding carboxylic acids is 1. The lowest BCUT2D eigenvalue weighted by molar-refractivity contribution is 0.0970.